The maximum absolute atomic E-state index is 12.8. The van der Waals surface area contributed by atoms with E-state index in [1.165, 1.54) is 12.8 Å². The number of nitrogens with one attached hydrogen (secondary N) is 2. The van der Waals surface area contributed by atoms with Crippen molar-refractivity contribution in [2.24, 2.45) is 0 Å². The second-order valence-electron chi connectivity index (χ2n) is 6.67. The summed E-state index contributed by atoms with van der Waals surface area (Å²) in [7, 11) is 0. The summed E-state index contributed by atoms with van der Waals surface area (Å²) in [4.78, 5) is 26.2. The molecule has 0 radical (unpaired) electrons. The summed E-state index contributed by atoms with van der Waals surface area (Å²) in [5, 5.41) is 6.02. The smallest absolute Gasteiger partial charge is 0.322 e. The standard InChI is InChI=1S/C17H20ClN3O3/c18-12-7-14-15(24-9-16(22)19-14)8-13(12)20-17(23)21(11-5-6-11)10-3-1-2-4-10/h7-8,10-11H,1-6,9H2,(H,19,22)(H,20,23). The van der Waals surface area contributed by atoms with Gasteiger partial charge in [0.2, 0.25) is 0 Å². The van der Waals surface area contributed by atoms with Crippen LogP contribution in [0.2, 0.25) is 5.02 Å². The largest absolute Gasteiger partial charge is 0.482 e. The second kappa shape index (κ2) is 6.16. The topological polar surface area (TPSA) is 70.7 Å². The molecule has 0 saturated heterocycles. The van der Waals surface area contributed by atoms with Gasteiger partial charge in [-0.15, -0.1) is 0 Å². The molecule has 2 aliphatic carbocycles. The molecule has 24 heavy (non-hydrogen) atoms. The first-order chi connectivity index (χ1) is 11.6. The van der Waals surface area contributed by atoms with Crippen LogP contribution in [0.25, 0.3) is 0 Å². The van der Waals surface area contributed by atoms with Crippen molar-refractivity contribution < 1.29 is 14.3 Å². The molecular formula is C17H20ClN3O3. The van der Waals surface area contributed by atoms with Crippen LogP contribution < -0.4 is 15.4 Å². The van der Waals surface area contributed by atoms with Crippen LogP contribution in [-0.4, -0.2) is 35.5 Å². The molecule has 6 nitrogen and oxygen atoms in total. The third-order valence-corrected chi connectivity index (χ3v) is 5.15. The van der Waals surface area contributed by atoms with Crippen LogP contribution in [0.5, 0.6) is 5.75 Å². The van der Waals surface area contributed by atoms with E-state index in [9.17, 15) is 9.59 Å². The Hall–Kier alpha value is -1.95. The van der Waals surface area contributed by atoms with Crippen molar-refractivity contribution in [3.63, 3.8) is 0 Å². The molecular weight excluding hydrogens is 330 g/mol. The number of carbonyl (C=O) groups excluding carboxylic acids is 2. The first kappa shape index (κ1) is 15.6. The number of carbonyl (C=O) groups is 2. The van der Waals surface area contributed by atoms with Crippen molar-refractivity contribution in [2.45, 2.75) is 50.6 Å². The summed E-state index contributed by atoms with van der Waals surface area (Å²) in [6.45, 7) is -0.0295. The Bertz CT molecular complexity index is 684. The first-order valence-corrected chi connectivity index (χ1v) is 8.85. The van der Waals surface area contributed by atoms with Gasteiger partial charge in [-0.2, -0.15) is 0 Å². The lowest BCUT2D eigenvalue weighted by Gasteiger charge is -2.29. The van der Waals surface area contributed by atoms with E-state index in [1.54, 1.807) is 12.1 Å². The van der Waals surface area contributed by atoms with Crippen LogP contribution in [0.15, 0.2) is 12.1 Å². The van der Waals surface area contributed by atoms with Gasteiger partial charge in [0.05, 0.1) is 16.4 Å². The van der Waals surface area contributed by atoms with Crippen molar-refractivity contribution in [1.29, 1.82) is 0 Å². The van der Waals surface area contributed by atoms with E-state index in [-0.39, 0.29) is 18.5 Å². The quantitative estimate of drug-likeness (QED) is 0.875. The molecule has 2 N–H and O–H groups in total. The molecule has 3 aliphatic rings. The summed E-state index contributed by atoms with van der Waals surface area (Å²) in [6.07, 6.45) is 6.70. The normalized spacial score (nSPS) is 20.1. The molecule has 0 atom stereocenters. The molecule has 128 valence electrons. The van der Waals surface area contributed by atoms with Crippen LogP contribution in [0.1, 0.15) is 38.5 Å². The molecule has 7 heteroatoms. The Morgan fingerprint density at radius 1 is 1.21 bits per heavy atom. The SMILES string of the molecule is O=C1COc2cc(NC(=O)N(C3CCCC3)C3CC3)c(Cl)cc2N1. The molecule has 1 aliphatic heterocycles. The fourth-order valence-electron chi connectivity index (χ4n) is 3.54. The van der Waals surface area contributed by atoms with Crippen molar-refractivity contribution in [3.8, 4) is 5.75 Å². The highest BCUT2D eigenvalue weighted by molar-refractivity contribution is 6.34. The number of amides is 3. The Labute approximate surface area is 145 Å². The maximum atomic E-state index is 12.8. The van der Waals surface area contributed by atoms with E-state index in [0.29, 0.717) is 34.2 Å². The highest BCUT2D eigenvalue weighted by atomic mass is 35.5. The summed E-state index contributed by atoms with van der Waals surface area (Å²) in [5.74, 6) is 0.310. The Kier molecular flexibility index (Phi) is 4.00. The maximum Gasteiger partial charge on any atom is 0.322 e. The van der Waals surface area contributed by atoms with Gasteiger partial charge in [0.15, 0.2) is 6.61 Å². The van der Waals surface area contributed by atoms with Gasteiger partial charge in [-0.3, -0.25) is 4.79 Å². The zero-order valence-electron chi connectivity index (χ0n) is 13.3. The summed E-state index contributed by atoms with van der Waals surface area (Å²) in [5.41, 5.74) is 1.05. The van der Waals surface area contributed by atoms with E-state index in [0.717, 1.165) is 25.7 Å². The van der Waals surface area contributed by atoms with Crippen molar-refractivity contribution in [2.75, 3.05) is 17.2 Å². The minimum Gasteiger partial charge on any atom is -0.482 e. The average Bonchev–Trinajstić information content (AvgIpc) is 3.22. The minimum atomic E-state index is -0.212. The van der Waals surface area contributed by atoms with Crippen molar-refractivity contribution in [3.05, 3.63) is 17.2 Å². The lowest BCUT2D eigenvalue weighted by molar-refractivity contribution is -0.118. The van der Waals surface area contributed by atoms with Crippen molar-refractivity contribution in [1.82, 2.24) is 4.90 Å². The number of fused-ring (bicyclic) bond motifs is 1. The molecule has 4 rings (SSSR count). The summed E-state index contributed by atoms with van der Waals surface area (Å²) < 4.78 is 5.40. The molecule has 0 unspecified atom stereocenters. The van der Waals surface area contributed by atoms with Crippen LogP contribution in [-0.2, 0) is 4.79 Å². The fraction of sp³-hybridized carbons (Fsp3) is 0.529. The monoisotopic (exact) mass is 349 g/mol. The van der Waals surface area contributed by atoms with E-state index < -0.39 is 0 Å². The van der Waals surface area contributed by atoms with Gasteiger partial charge in [0, 0.05) is 18.2 Å². The van der Waals surface area contributed by atoms with E-state index in [1.807, 2.05) is 4.90 Å². The minimum absolute atomic E-state index is 0.0295. The third kappa shape index (κ3) is 3.02. The zero-order chi connectivity index (χ0) is 16.7. The van der Waals surface area contributed by atoms with Gasteiger partial charge < -0.3 is 20.3 Å². The molecule has 0 spiro atoms. The van der Waals surface area contributed by atoms with Gasteiger partial charge in [0.1, 0.15) is 5.75 Å². The molecule has 3 amide bonds. The summed E-state index contributed by atoms with van der Waals surface area (Å²) >= 11 is 6.27. The predicted molar refractivity (Wildman–Crippen MR) is 91.7 cm³/mol. The lowest BCUT2D eigenvalue weighted by Crippen LogP contribution is -2.43. The number of hydrogen-bond donors (Lipinski definition) is 2. The number of benzene rings is 1. The average molecular weight is 350 g/mol. The number of hydrogen-bond acceptors (Lipinski definition) is 3. The molecule has 1 aromatic carbocycles. The van der Waals surface area contributed by atoms with Gasteiger partial charge >= 0.3 is 6.03 Å². The van der Waals surface area contributed by atoms with Crippen LogP contribution in [0.4, 0.5) is 16.2 Å². The number of halogens is 1. The molecule has 1 heterocycles. The van der Waals surface area contributed by atoms with E-state index >= 15 is 0 Å². The Balaban J connectivity index is 1.53. The predicted octanol–water partition coefficient (Wildman–Crippen LogP) is 3.61. The van der Waals surface area contributed by atoms with Gasteiger partial charge in [0.25, 0.3) is 5.91 Å². The van der Waals surface area contributed by atoms with Crippen LogP contribution in [0, 0.1) is 0 Å². The summed E-state index contributed by atoms with van der Waals surface area (Å²) in [6, 6.07) is 3.89. The third-order valence-electron chi connectivity index (χ3n) is 4.84. The highest BCUT2D eigenvalue weighted by Gasteiger charge is 2.38. The molecule has 1 aromatic rings. The van der Waals surface area contributed by atoms with Crippen LogP contribution in [0.3, 0.4) is 0 Å². The Morgan fingerprint density at radius 2 is 1.92 bits per heavy atom. The van der Waals surface area contributed by atoms with Gasteiger partial charge in [-0.1, -0.05) is 24.4 Å². The zero-order valence-corrected chi connectivity index (χ0v) is 14.1. The molecule has 0 bridgehead atoms. The number of rotatable bonds is 3. The van der Waals surface area contributed by atoms with E-state index in [4.69, 9.17) is 16.3 Å². The molecule has 0 aromatic heterocycles. The lowest BCUT2D eigenvalue weighted by atomic mass is 10.2. The van der Waals surface area contributed by atoms with Crippen LogP contribution >= 0.6 is 11.6 Å². The number of ether oxygens (including phenoxy) is 1. The first-order valence-electron chi connectivity index (χ1n) is 8.47. The van der Waals surface area contributed by atoms with Gasteiger partial charge in [-0.05, 0) is 31.7 Å². The number of urea groups is 1. The molecule has 2 saturated carbocycles. The second-order valence-corrected chi connectivity index (χ2v) is 7.08. The van der Waals surface area contributed by atoms with Gasteiger partial charge in [-0.25, -0.2) is 4.79 Å². The Morgan fingerprint density at radius 3 is 2.62 bits per heavy atom. The fourth-order valence-corrected chi connectivity index (χ4v) is 3.75. The molecule has 2 fully saturated rings. The van der Waals surface area contributed by atoms with E-state index in [2.05, 4.69) is 10.6 Å². The number of nitrogens with zero attached hydrogens (tertiary/aromatic N) is 1. The van der Waals surface area contributed by atoms with Crippen molar-refractivity contribution >= 4 is 34.9 Å². The number of anilines is 2. The highest BCUT2D eigenvalue weighted by Crippen LogP contribution is 2.38.